The second-order valence-electron chi connectivity index (χ2n) is 5.77. The highest BCUT2D eigenvalue weighted by Gasteiger charge is 2.29. The van der Waals surface area contributed by atoms with E-state index in [0.717, 1.165) is 5.56 Å². The third kappa shape index (κ3) is 3.88. The van der Waals surface area contributed by atoms with Gasteiger partial charge in [-0.3, -0.25) is 0 Å². The van der Waals surface area contributed by atoms with Crippen LogP contribution in [0, 0.1) is 0 Å². The molecule has 0 aliphatic rings. The molecule has 28 heavy (non-hydrogen) atoms. The normalized spacial score (nSPS) is 11.5. The van der Waals surface area contributed by atoms with E-state index in [4.69, 9.17) is 9.47 Å². The number of rotatable bonds is 5. The zero-order valence-corrected chi connectivity index (χ0v) is 14.3. The predicted octanol–water partition coefficient (Wildman–Crippen LogP) is 4.52. The van der Waals surface area contributed by atoms with E-state index in [2.05, 4.69) is 15.1 Å². The molecule has 0 radical (unpaired) electrons. The first kappa shape index (κ1) is 17.8. The molecule has 4 rings (SSSR count). The van der Waals surface area contributed by atoms with Crippen LogP contribution in [0.25, 0.3) is 17.0 Å². The first-order valence-electron chi connectivity index (χ1n) is 8.22. The lowest BCUT2D eigenvalue weighted by Crippen LogP contribution is -2.19. The van der Waals surface area contributed by atoms with Gasteiger partial charge in [0.25, 0.3) is 5.78 Å². The highest BCUT2D eigenvalue weighted by molar-refractivity contribution is 5.62. The molecule has 142 valence electrons. The van der Waals surface area contributed by atoms with Crippen LogP contribution in [-0.4, -0.2) is 32.4 Å². The van der Waals surface area contributed by atoms with E-state index in [9.17, 15) is 13.2 Å². The maximum absolute atomic E-state index is 12.5. The van der Waals surface area contributed by atoms with Crippen LogP contribution in [0.4, 0.5) is 13.2 Å². The van der Waals surface area contributed by atoms with Crippen LogP contribution in [0.5, 0.6) is 17.4 Å². The number of fused-ring (bicyclic) bond motifs is 1. The maximum atomic E-state index is 12.5. The number of ether oxygens (including phenoxy) is 2. The quantitative estimate of drug-likeness (QED) is 0.505. The van der Waals surface area contributed by atoms with Crippen LogP contribution in [0.3, 0.4) is 0 Å². The van der Waals surface area contributed by atoms with Gasteiger partial charge in [0.15, 0.2) is 18.1 Å². The van der Waals surface area contributed by atoms with Crippen LogP contribution in [0.15, 0.2) is 67.0 Å². The van der Waals surface area contributed by atoms with Crippen LogP contribution < -0.4 is 9.47 Å². The van der Waals surface area contributed by atoms with Crippen molar-refractivity contribution in [2.75, 3.05) is 6.61 Å². The average molecular weight is 386 g/mol. The van der Waals surface area contributed by atoms with E-state index < -0.39 is 12.8 Å². The summed E-state index contributed by atoms with van der Waals surface area (Å²) >= 11 is 0. The van der Waals surface area contributed by atoms with E-state index in [1.807, 2.05) is 30.3 Å². The molecule has 0 N–H and O–H groups in total. The molecule has 0 bridgehead atoms. The van der Waals surface area contributed by atoms with Crippen molar-refractivity contribution < 1.29 is 22.6 Å². The van der Waals surface area contributed by atoms with Crippen LogP contribution >= 0.6 is 0 Å². The molecule has 0 saturated heterocycles. The molecule has 9 heteroatoms. The summed E-state index contributed by atoms with van der Waals surface area (Å²) in [6.45, 7) is -1.42. The van der Waals surface area contributed by atoms with Crippen LogP contribution in [-0.2, 0) is 0 Å². The summed E-state index contributed by atoms with van der Waals surface area (Å²) < 4.78 is 49.6. The van der Waals surface area contributed by atoms with Gasteiger partial charge in [-0.15, -0.1) is 0 Å². The smallest absolute Gasteiger partial charge is 0.422 e. The van der Waals surface area contributed by atoms with Crippen molar-refractivity contribution in [2.45, 2.75) is 6.18 Å². The van der Waals surface area contributed by atoms with Gasteiger partial charge >= 0.3 is 6.18 Å². The number of hydrogen-bond acceptors (Lipinski definition) is 5. The van der Waals surface area contributed by atoms with Crippen LogP contribution in [0.1, 0.15) is 0 Å². The molecule has 0 aliphatic carbocycles. The number of alkyl halides is 3. The molecular formula is C19H13F3N4O2. The summed E-state index contributed by atoms with van der Waals surface area (Å²) in [6, 6.07) is 17.1. The monoisotopic (exact) mass is 386 g/mol. The zero-order valence-electron chi connectivity index (χ0n) is 14.3. The van der Waals surface area contributed by atoms with Crippen LogP contribution in [0.2, 0.25) is 0 Å². The van der Waals surface area contributed by atoms with E-state index in [1.54, 1.807) is 18.2 Å². The molecule has 2 aromatic heterocycles. The zero-order chi connectivity index (χ0) is 19.6. The molecule has 4 aromatic rings. The number of benzene rings is 2. The Bertz CT molecular complexity index is 1100. The Labute approximate surface area is 157 Å². The Kier molecular flexibility index (Phi) is 4.56. The van der Waals surface area contributed by atoms with Gasteiger partial charge in [-0.05, 0) is 12.1 Å². The standard InChI is InChI=1S/C19H13F3N4O2/c20-19(21,22)11-27-15-8-4-5-9-16(15)28-17-10-14(13-6-2-1-3-7-13)25-18-23-12-24-26(17)18/h1-10,12H,11H2. The van der Waals surface area contributed by atoms with E-state index >= 15 is 0 Å². The summed E-state index contributed by atoms with van der Waals surface area (Å²) in [4.78, 5) is 8.51. The fourth-order valence-corrected chi connectivity index (χ4v) is 2.54. The van der Waals surface area contributed by atoms with Crippen molar-refractivity contribution in [1.82, 2.24) is 19.6 Å². The molecule has 0 saturated carbocycles. The average Bonchev–Trinajstić information content (AvgIpc) is 3.16. The number of hydrogen-bond donors (Lipinski definition) is 0. The Morgan fingerprint density at radius 2 is 1.64 bits per heavy atom. The molecule has 6 nitrogen and oxygen atoms in total. The minimum atomic E-state index is -4.45. The van der Waals surface area contributed by atoms with Gasteiger partial charge in [-0.1, -0.05) is 42.5 Å². The fraction of sp³-hybridized carbons (Fsp3) is 0.105. The van der Waals surface area contributed by atoms with Crippen molar-refractivity contribution in [2.24, 2.45) is 0 Å². The molecule has 0 aliphatic heterocycles. The molecule has 2 aromatic carbocycles. The first-order valence-corrected chi connectivity index (χ1v) is 8.22. The summed E-state index contributed by atoms with van der Waals surface area (Å²) in [5.41, 5.74) is 1.42. The van der Waals surface area contributed by atoms with E-state index in [0.29, 0.717) is 11.5 Å². The lowest BCUT2D eigenvalue weighted by molar-refractivity contribution is -0.153. The van der Waals surface area contributed by atoms with Gasteiger partial charge < -0.3 is 9.47 Å². The molecular weight excluding hydrogens is 373 g/mol. The Hall–Kier alpha value is -3.62. The Morgan fingerprint density at radius 1 is 0.929 bits per heavy atom. The predicted molar refractivity (Wildman–Crippen MR) is 94.3 cm³/mol. The summed E-state index contributed by atoms with van der Waals surface area (Å²) in [6.07, 6.45) is -3.14. The van der Waals surface area contributed by atoms with Gasteiger partial charge in [-0.2, -0.15) is 27.8 Å². The molecule has 0 unspecified atom stereocenters. The van der Waals surface area contributed by atoms with Crippen molar-refractivity contribution in [1.29, 1.82) is 0 Å². The lowest BCUT2D eigenvalue weighted by Gasteiger charge is -2.14. The third-order valence-electron chi connectivity index (χ3n) is 3.74. The van der Waals surface area contributed by atoms with Crippen molar-refractivity contribution in [3.05, 3.63) is 67.0 Å². The van der Waals surface area contributed by atoms with Gasteiger partial charge in [0.1, 0.15) is 6.33 Å². The Balaban J connectivity index is 1.72. The van der Waals surface area contributed by atoms with Gasteiger partial charge in [0, 0.05) is 11.6 Å². The second-order valence-corrected chi connectivity index (χ2v) is 5.77. The Morgan fingerprint density at radius 3 is 2.39 bits per heavy atom. The van der Waals surface area contributed by atoms with Gasteiger partial charge in [0.05, 0.1) is 5.69 Å². The highest BCUT2D eigenvalue weighted by Crippen LogP contribution is 2.33. The first-order chi connectivity index (χ1) is 13.5. The fourth-order valence-electron chi connectivity index (χ4n) is 2.54. The summed E-state index contributed by atoms with van der Waals surface area (Å²) in [7, 11) is 0. The number of nitrogens with zero attached hydrogens (tertiary/aromatic N) is 4. The molecule has 0 atom stereocenters. The van der Waals surface area contributed by atoms with E-state index in [-0.39, 0.29) is 17.4 Å². The largest absolute Gasteiger partial charge is 0.480 e. The second kappa shape index (κ2) is 7.18. The minimum absolute atomic E-state index is 0.0360. The topological polar surface area (TPSA) is 61.5 Å². The summed E-state index contributed by atoms with van der Waals surface area (Å²) in [5, 5.41) is 4.06. The van der Waals surface area contributed by atoms with Gasteiger partial charge in [-0.25, -0.2) is 4.98 Å². The minimum Gasteiger partial charge on any atom is -0.480 e. The molecule has 2 heterocycles. The summed E-state index contributed by atoms with van der Waals surface area (Å²) in [5.74, 6) is 0.620. The molecule has 0 amide bonds. The number of para-hydroxylation sites is 2. The number of aromatic nitrogens is 4. The van der Waals surface area contributed by atoms with Crippen molar-refractivity contribution in [3.8, 4) is 28.6 Å². The SMILES string of the molecule is FC(F)(F)COc1ccccc1Oc1cc(-c2ccccc2)nc2ncnn12. The van der Waals surface area contributed by atoms with Gasteiger partial charge in [0.2, 0.25) is 5.88 Å². The maximum Gasteiger partial charge on any atom is 0.422 e. The van der Waals surface area contributed by atoms with Crippen molar-refractivity contribution >= 4 is 5.78 Å². The third-order valence-corrected chi connectivity index (χ3v) is 3.74. The lowest BCUT2D eigenvalue weighted by atomic mass is 10.1. The number of halogens is 3. The molecule has 0 fully saturated rings. The van der Waals surface area contributed by atoms with E-state index in [1.165, 1.54) is 23.0 Å². The van der Waals surface area contributed by atoms with Crippen molar-refractivity contribution in [3.63, 3.8) is 0 Å². The highest BCUT2D eigenvalue weighted by atomic mass is 19.4. The molecule has 0 spiro atoms.